The number of nitrogens with zero attached hydrogens (tertiary/aromatic N) is 6. The molecule has 130 valence electrons. The fourth-order valence-electron chi connectivity index (χ4n) is 2.34. The Balaban J connectivity index is 1.88. The van der Waals surface area contributed by atoms with Crippen LogP contribution in [0.4, 0.5) is 11.9 Å². The summed E-state index contributed by atoms with van der Waals surface area (Å²) in [7, 11) is 3.75. The van der Waals surface area contributed by atoms with Crippen LogP contribution < -0.4 is 10.6 Å². The summed E-state index contributed by atoms with van der Waals surface area (Å²) >= 11 is 1.58. The largest absolute Gasteiger partial charge is 0.368 e. The summed E-state index contributed by atoms with van der Waals surface area (Å²) in [4.78, 5) is 19.2. The van der Waals surface area contributed by atoms with Crippen molar-refractivity contribution < 1.29 is 0 Å². The second-order valence-corrected chi connectivity index (χ2v) is 7.23. The number of anilines is 2. The molecule has 0 bridgehead atoms. The Morgan fingerprint density at radius 2 is 2.00 bits per heavy atom. The first kappa shape index (κ1) is 17.2. The molecule has 0 aliphatic heterocycles. The third kappa shape index (κ3) is 3.90. The Morgan fingerprint density at radius 1 is 1.20 bits per heavy atom. The monoisotopic (exact) mass is 355 g/mol. The summed E-state index contributed by atoms with van der Waals surface area (Å²) in [5, 5.41) is 0.860. The summed E-state index contributed by atoms with van der Waals surface area (Å²) in [5.74, 6) is 1.42. The molecule has 2 aromatic heterocycles. The highest BCUT2D eigenvalue weighted by molar-refractivity contribution is 7.99. The fraction of sp³-hybridized carbons (Fsp3) is 0.294. The number of aryl methyl sites for hydroxylation is 1. The zero-order valence-electron chi connectivity index (χ0n) is 14.7. The molecule has 0 aliphatic carbocycles. The van der Waals surface area contributed by atoms with Gasteiger partial charge in [0, 0.05) is 32.2 Å². The van der Waals surface area contributed by atoms with Gasteiger partial charge in [0.25, 0.3) is 0 Å². The SMILES string of the molecule is Cc1cccc(-n2ccnc2SC(C)c2nc(N)nc(N(C)C)n2)c1. The van der Waals surface area contributed by atoms with Crippen molar-refractivity contribution in [2.24, 2.45) is 0 Å². The van der Waals surface area contributed by atoms with E-state index in [2.05, 4.69) is 49.6 Å². The standard InChI is InChI=1S/C17H21N7S/c1-11-6-5-7-13(10-11)24-9-8-19-17(24)25-12(2)14-20-15(18)22-16(21-14)23(3)4/h5-10,12H,1-4H3,(H2,18,20,21,22). The Morgan fingerprint density at radius 3 is 2.72 bits per heavy atom. The van der Waals surface area contributed by atoms with Crippen molar-refractivity contribution in [1.29, 1.82) is 0 Å². The third-order valence-electron chi connectivity index (χ3n) is 3.59. The lowest BCUT2D eigenvalue weighted by Gasteiger charge is -2.15. The molecule has 1 aromatic carbocycles. The minimum atomic E-state index is -0.0186. The van der Waals surface area contributed by atoms with Crippen LogP contribution in [-0.4, -0.2) is 38.6 Å². The van der Waals surface area contributed by atoms with Gasteiger partial charge in [-0.1, -0.05) is 23.9 Å². The van der Waals surface area contributed by atoms with Crippen LogP contribution >= 0.6 is 11.8 Å². The minimum absolute atomic E-state index is 0.0186. The molecule has 0 saturated carbocycles. The van der Waals surface area contributed by atoms with Gasteiger partial charge >= 0.3 is 0 Å². The number of nitrogens with two attached hydrogens (primary N) is 1. The van der Waals surface area contributed by atoms with E-state index in [1.807, 2.05) is 38.2 Å². The number of nitrogen functional groups attached to an aromatic ring is 1. The van der Waals surface area contributed by atoms with Crippen molar-refractivity contribution >= 4 is 23.7 Å². The van der Waals surface area contributed by atoms with E-state index >= 15 is 0 Å². The van der Waals surface area contributed by atoms with Gasteiger partial charge in [0.1, 0.15) is 5.82 Å². The predicted octanol–water partition coefficient (Wildman–Crippen LogP) is 2.87. The summed E-state index contributed by atoms with van der Waals surface area (Å²) in [5.41, 5.74) is 8.11. The lowest BCUT2D eigenvalue weighted by molar-refractivity contribution is 0.846. The molecule has 3 rings (SSSR count). The highest BCUT2D eigenvalue weighted by Crippen LogP contribution is 2.33. The maximum atomic E-state index is 5.83. The van der Waals surface area contributed by atoms with Gasteiger partial charge in [-0.05, 0) is 31.5 Å². The zero-order chi connectivity index (χ0) is 18.0. The van der Waals surface area contributed by atoms with Crippen LogP contribution in [-0.2, 0) is 0 Å². The normalized spacial score (nSPS) is 12.2. The Kier molecular flexibility index (Phi) is 4.89. The molecule has 25 heavy (non-hydrogen) atoms. The average Bonchev–Trinajstić information content (AvgIpc) is 3.02. The van der Waals surface area contributed by atoms with Crippen LogP contribution in [0, 0.1) is 6.92 Å². The van der Waals surface area contributed by atoms with E-state index in [0.717, 1.165) is 10.8 Å². The molecule has 2 N–H and O–H groups in total. The topological polar surface area (TPSA) is 85.8 Å². The van der Waals surface area contributed by atoms with Gasteiger partial charge in [0.15, 0.2) is 5.16 Å². The minimum Gasteiger partial charge on any atom is -0.368 e. The smallest absolute Gasteiger partial charge is 0.229 e. The van der Waals surface area contributed by atoms with E-state index in [4.69, 9.17) is 5.73 Å². The van der Waals surface area contributed by atoms with E-state index in [0.29, 0.717) is 11.8 Å². The summed E-state index contributed by atoms with van der Waals surface area (Å²) in [6.07, 6.45) is 3.75. The van der Waals surface area contributed by atoms with Gasteiger partial charge in [-0.3, -0.25) is 4.57 Å². The number of aromatic nitrogens is 5. The Hall–Kier alpha value is -2.61. The molecule has 7 nitrogen and oxygen atoms in total. The summed E-state index contributed by atoms with van der Waals surface area (Å²) < 4.78 is 2.06. The van der Waals surface area contributed by atoms with E-state index in [-0.39, 0.29) is 11.2 Å². The lowest BCUT2D eigenvalue weighted by Crippen LogP contribution is -2.16. The van der Waals surface area contributed by atoms with Crippen molar-refractivity contribution in [3.63, 3.8) is 0 Å². The van der Waals surface area contributed by atoms with Crippen molar-refractivity contribution in [3.8, 4) is 5.69 Å². The number of hydrogen-bond donors (Lipinski definition) is 1. The predicted molar refractivity (Wildman–Crippen MR) is 101 cm³/mol. The molecule has 0 spiro atoms. The van der Waals surface area contributed by atoms with Crippen molar-refractivity contribution in [1.82, 2.24) is 24.5 Å². The van der Waals surface area contributed by atoms with Crippen molar-refractivity contribution in [2.45, 2.75) is 24.3 Å². The zero-order valence-corrected chi connectivity index (χ0v) is 15.5. The number of hydrogen-bond acceptors (Lipinski definition) is 7. The number of rotatable bonds is 5. The molecule has 0 amide bonds. The van der Waals surface area contributed by atoms with Crippen molar-refractivity contribution in [3.05, 3.63) is 48.0 Å². The van der Waals surface area contributed by atoms with E-state index < -0.39 is 0 Å². The maximum absolute atomic E-state index is 5.83. The molecule has 1 unspecified atom stereocenters. The van der Waals surface area contributed by atoms with Gasteiger partial charge in [0.2, 0.25) is 11.9 Å². The van der Waals surface area contributed by atoms with Crippen LogP contribution in [0.3, 0.4) is 0 Å². The van der Waals surface area contributed by atoms with Crippen LogP contribution in [0.2, 0.25) is 0 Å². The van der Waals surface area contributed by atoms with Gasteiger partial charge in [-0.15, -0.1) is 0 Å². The average molecular weight is 355 g/mol. The van der Waals surface area contributed by atoms with E-state index in [1.165, 1.54) is 5.56 Å². The molecule has 3 aromatic rings. The Labute approximate surface area is 151 Å². The molecular formula is C17H21N7S. The van der Waals surface area contributed by atoms with Crippen LogP contribution in [0.5, 0.6) is 0 Å². The quantitative estimate of drug-likeness (QED) is 0.704. The molecular weight excluding hydrogens is 334 g/mol. The summed E-state index contributed by atoms with van der Waals surface area (Å²) in [6.45, 7) is 4.11. The van der Waals surface area contributed by atoms with Crippen LogP contribution in [0.25, 0.3) is 5.69 Å². The second kappa shape index (κ2) is 7.10. The third-order valence-corrected chi connectivity index (χ3v) is 4.67. The molecule has 0 aliphatic rings. The van der Waals surface area contributed by atoms with Gasteiger partial charge in [-0.2, -0.15) is 15.0 Å². The highest BCUT2D eigenvalue weighted by atomic mass is 32.2. The molecule has 0 radical (unpaired) electrons. The van der Waals surface area contributed by atoms with Crippen LogP contribution in [0.15, 0.2) is 41.8 Å². The molecule has 1 atom stereocenters. The molecule has 0 fully saturated rings. The first-order valence-corrected chi connectivity index (χ1v) is 8.78. The number of thioether (sulfide) groups is 1. The maximum Gasteiger partial charge on any atom is 0.229 e. The Bertz CT molecular complexity index is 875. The lowest BCUT2D eigenvalue weighted by atomic mass is 10.2. The van der Waals surface area contributed by atoms with Crippen molar-refractivity contribution in [2.75, 3.05) is 24.7 Å². The summed E-state index contributed by atoms with van der Waals surface area (Å²) in [6, 6.07) is 8.31. The number of benzene rings is 1. The fourth-order valence-corrected chi connectivity index (χ4v) is 3.27. The molecule has 8 heteroatoms. The first-order valence-electron chi connectivity index (χ1n) is 7.90. The molecule has 0 saturated heterocycles. The van der Waals surface area contributed by atoms with Gasteiger partial charge < -0.3 is 10.6 Å². The highest BCUT2D eigenvalue weighted by Gasteiger charge is 2.17. The van der Waals surface area contributed by atoms with Gasteiger partial charge in [-0.25, -0.2) is 4.98 Å². The molecule has 2 heterocycles. The van der Waals surface area contributed by atoms with E-state index in [9.17, 15) is 0 Å². The van der Waals surface area contributed by atoms with Gasteiger partial charge in [0.05, 0.1) is 5.25 Å². The first-order chi connectivity index (χ1) is 11.9. The number of imidazole rings is 1. The second-order valence-electron chi connectivity index (χ2n) is 5.93. The van der Waals surface area contributed by atoms with E-state index in [1.54, 1.807) is 18.0 Å². The van der Waals surface area contributed by atoms with Crippen LogP contribution in [0.1, 0.15) is 23.6 Å².